The third kappa shape index (κ3) is 3.31. The van der Waals surface area contributed by atoms with Gasteiger partial charge < -0.3 is 9.72 Å². The molecular weight excluding hydrogens is 338 g/mol. The summed E-state index contributed by atoms with van der Waals surface area (Å²) < 4.78 is 3.73. The van der Waals surface area contributed by atoms with Crippen molar-refractivity contribution in [2.24, 2.45) is 0 Å². The lowest BCUT2D eigenvalue weighted by molar-refractivity contribution is 0.0949. The van der Waals surface area contributed by atoms with Crippen LogP contribution in [-0.2, 0) is 0 Å². The molecule has 0 atom stereocenters. The van der Waals surface area contributed by atoms with Crippen LogP contribution in [0.25, 0.3) is 22.5 Å². The van der Waals surface area contributed by atoms with Gasteiger partial charge in [0, 0.05) is 24.5 Å². The molecule has 1 aromatic carbocycles. The molecule has 0 spiro atoms. The minimum atomic E-state index is -0.283. The molecule has 1 N–H and O–H groups in total. The molecule has 0 aliphatic rings. The van der Waals surface area contributed by atoms with E-state index in [1.807, 2.05) is 40.8 Å². The van der Waals surface area contributed by atoms with Gasteiger partial charge in [-0.05, 0) is 35.4 Å². The molecule has 3 aromatic heterocycles. The van der Waals surface area contributed by atoms with Gasteiger partial charge in [-0.1, -0.05) is 36.4 Å². The van der Waals surface area contributed by atoms with Crippen LogP contribution < -0.4 is 5.32 Å². The number of carbonyl (C=O) groups excluding carboxylic acids is 1. The second-order valence-corrected chi connectivity index (χ2v) is 6.08. The van der Waals surface area contributed by atoms with Gasteiger partial charge in [0.25, 0.3) is 5.91 Å². The molecule has 0 aliphatic carbocycles. The summed E-state index contributed by atoms with van der Waals surface area (Å²) in [6.07, 6.45) is 4.10. The summed E-state index contributed by atoms with van der Waals surface area (Å²) >= 11 is 0. The van der Waals surface area contributed by atoms with Gasteiger partial charge in [0.05, 0.1) is 12.5 Å². The van der Waals surface area contributed by atoms with Gasteiger partial charge in [-0.15, -0.1) is 0 Å². The highest BCUT2D eigenvalue weighted by Gasteiger charge is 2.12. The molecular formula is C21H17N5O. The zero-order chi connectivity index (χ0) is 18.6. The zero-order valence-electron chi connectivity index (χ0n) is 14.5. The normalized spacial score (nSPS) is 10.6. The maximum Gasteiger partial charge on any atom is 0.271 e. The van der Waals surface area contributed by atoms with Crippen LogP contribution in [-0.4, -0.2) is 26.6 Å². The Labute approximate surface area is 156 Å². The summed E-state index contributed by atoms with van der Waals surface area (Å²) in [6, 6.07) is 22.0. The first-order chi connectivity index (χ1) is 13.3. The number of hydrogen-bond acceptors (Lipinski definition) is 3. The summed E-state index contributed by atoms with van der Waals surface area (Å²) in [6.45, 7) is 0.316. The van der Waals surface area contributed by atoms with Crippen molar-refractivity contribution in [3.8, 4) is 23.0 Å². The first-order valence-electron chi connectivity index (χ1n) is 8.64. The fourth-order valence-corrected chi connectivity index (χ4v) is 2.97. The summed E-state index contributed by atoms with van der Waals surface area (Å²) in [5.74, 6) is 0.564. The Bertz CT molecular complexity index is 1130. The van der Waals surface area contributed by atoms with E-state index in [9.17, 15) is 4.79 Å². The van der Waals surface area contributed by atoms with Crippen LogP contribution in [0.5, 0.6) is 0 Å². The second kappa shape index (κ2) is 7.18. The summed E-state index contributed by atoms with van der Waals surface area (Å²) in [7, 11) is 0. The van der Waals surface area contributed by atoms with Gasteiger partial charge in [-0.25, -0.2) is 4.68 Å². The van der Waals surface area contributed by atoms with E-state index < -0.39 is 0 Å². The molecule has 4 aromatic rings. The standard InChI is InChI=1S/C21H17N5O/c22-12-4-13-23-21(27)19-11-14-26(24-19)20-10-9-18-8-7-17(15-25(18)20)16-5-2-1-3-6-16/h1-3,5-11,14-15H,4,13H2,(H,23,27). The number of rotatable bonds is 5. The highest BCUT2D eigenvalue weighted by atomic mass is 16.1. The Balaban J connectivity index is 1.66. The number of nitrogens with one attached hydrogen (secondary N) is 1. The van der Waals surface area contributed by atoms with Gasteiger partial charge in [-0.3, -0.25) is 4.79 Å². The minimum absolute atomic E-state index is 0.276. The predicted molar refractivity (Wildman–Crippen MR) is 103 cm³/mol. The van der Waals surface area contributed by atoms with E-state index in [1.165, 1.54) is 0 Å². The molecule has 0 saturated heterocycles. The fourth-order valence-electron chi connectivity index (χ4n) is 2.97. The quantitative estimate of drug-likeness (QED) is 0.557. The zero-order valence-corrected chi connectivity index (χ0v) is 14.5. The second-order valence-electron chi connectivity index (χ2n) is 6.08. The molecule has 0 saturated carbocycles. The monoisotopic (exact) mass is 355 g/mol. The van der Waals surface area contributed by atoms with Crippen LogP contribution in [0, 0.1) is 11.3 Å². The Morgan fingerprint density at radius 1 is 1.04 bits per heavy atom. The molecule has 0 aliphatic heterocycles. The maximum atomic E-state index is 12.1. The Hall–Kier alpha value is -3.85. The van der Waals surface area contributed by atoms with E-state index in [2.05, 4.69) is 40.9 Å². The molecule has 6 heteroatoms. The van der Waals surface area contributed by atoms with E-state index in [4.69, 9.17) is 5.26 Å². The van der Waals surface area contributed by atoms with Crippen molar-refractivity contribution >= 4 is 11.4 Å². The predicted octanol–water partition coefficient (Wildman–Crippen LogP) is 3.44. The third-order valence-electron chi connectivity index (χ3n) is 4.32. The molecule has 27 heavy (non-hydrogen) atoms. The van der Waals surface area contributed by atoms with Gasteiger partial charge >= 0.3 is 0 Å². The maximum absolute atomic E-state index is 12.1. The van der Waals surface area contributed by atoms with Crippen LogP contribution in [0.15, 0.2) is 73.1 Å². The number of nitriles is 1. The average molecular weight is 355 g/mol. The van der Waals surface area contributed by atoms with Crippen molar-refractivity contribution < 1.29 is 4.79 Å². The first-order valence-corrected chi connectivity index (χ1v) is 8.64. The Kier molecular flexibility index (Phi) is 4.42. The SMILES string of the molecule is N#CCCNC(=O)c1ccn(-c2ccc3ccc(-c4ccccc4)cn23)n1. The van der Waals surface area contributed by atoms with Gasteiger partial charge in [-0.2, -0.15) is 10.4 Å². The van der Waals surface area contributed by atoms with E-state index in [0.717, 1.165) is 22.5 Å². The van der Waals surface area contributed by atoms with Crippen LogP contribution in [0.1, 0.15) is 16.9 Å². The van der Waals surface area contributed by atoms with Gasteiger partial charge in [0.15, 0.2) is 5.69 Å². The first kappa shape index (κ1) is 16.6. The smallest absolute Gasteiger partial charge is 0.271 e. The van der Waals surface area contributed by atoms with E-state index in [0.29, 0.717) is 12.2 Å². The van der Waals surface area contributed by atoms with E-state index >= 15 is 0 Å². The Morgan fingerprint density at radius 3 is 2.67 bits per heavy atom. The average Bonchev–Trinajstić information content (AvgIpc) is 3.35. The van der Waals surface area contributed by atoms with Crippen molar-refractivity contribution in [2.45, 2.75) is 6.42 Å². The topological polar surface area (TPSA) is 75.1 Å². The van der Waals surface area contributed by atoms with Crippen molar-refractivity contribution in [2.75, 3.05) is 6.54 Å². The number of aromatic nitrogens is 3. The van der Waals surface area contributed by atoms with Crippen molar-refractivity contribution in [1.29, 1.82) is 5.26 Å². The van der Waals surface area contributed by atoms with Gasteiger partial charge in [0.1, 0.15) is 5.82 Å². The number of carbonyl (C=O) groups is 1. The molecule has 6 nitrogen and oxygen atoms in total. The number of nitrogens with zero attached hydrogens (tertiary/aromatic N) is 4. The molecule has 0 radical (unpaired) electrons. The summed E-state index contributed by atoms with van der Waals surface area (Å²) in [5.41, 5.74) is 3.60. The van der Waals surface area contributed by atoms with Crippen LogP contribution in [0.3, 0.4) is 0 Å². The van der Waals surface area contributed by atoms with Crippen LogP contribution >= 0.6 is 0 Å². The molecule has 0 fully saturated rings. The lowest BCUT2D eigenvalue weighted by atomic mass is 10.1. The molecule has 3 heterocycles. The van der Waals surface area contributed by atoms with Crippen molar-refractivity contribution in [3.63, 3.8) is 0 Å². The summed E-state index contributed by atoms with van der Waals surface area (Å²) in [5, 5.41) is 15.6. The van der Waals surface area contributed by atoms with Gasteiger partial charge in [0.2, 0.25) is 0 Å². The molecule has 1 amide bonds. The number of hydrogen-bond donors (Lipinski definition) is 1. The largest absolute Gasteiger partial charge is 0.350 e. The molecule has 0 bridgehead atoms. The summed E-state index contributed by atoms with van der Waals surface area (Å²) in [4.78, 5) is 12.1. The van der Waals surface area contributed by atoms with E-state index in [-0.39, 0.29) is 12.3 Å². The minimum Gasteiger partial charge on any atom is -0.350 e. The Morgan fingerprint density at radius 2 is 1.85 bits per heavy atom. The third-order valence-corrected chi connectivity index (χ3v) is 4.32. The highest BCUT2D eigenvalue weighted by Crippen LogP contribution is 2.22. The number of amides is 1. The van der Waals surface area contributed by atoms with E-state index in [1.54, 1.807) is 16.9 Å². The molecule has 0 unspecified atom stereocenters. The number of benzene rings is 1. The van der Waals surface area contributed by atoms with Crippen LogP contribution in [0.2, 0.25) is 0 Å². The molecule has 132 valence electrons. The fraction of sp³-hybridized carbons (Fsp3) is 0.0952. The molecule has 4 rings (SSSR count). The van der Waals surface area contributed by atoms with Crippen molar-refractivity contribution in [1.82, 2.24) is 19.5 Å². The highest BCUT2D eigenvalue weighted by molar-refractivity contribution is 5.92. The number of fused-ring (bicyclic) bond motifs is 1. The lowest BCUT2D eigenvalue weighted by Gasteiger charge is -2.07. The lowest BCUT2D eigenvalue weighted by Crippen LogP contribution is -2.24. The number of pyridine rings is 1. The van der Waals surface area contributed by atoms with Crippen molar-refractivity contribution in [3.05, 3.63) is 78.8 Å². The van der Waals surface area contributed by atoms with Crippen LogP contribution in [0.4, 0.5) is 0 Å².